The van der Waals surface area contributed by atoms with Gasteiger partial charge >= 0.3 is 6.03 Å². The van der Waals surface area contributed by atoms with Crippen LogP contribution < -0.4 is 32.0 Å². The Morgan fingerprint density at radius 1 is 1.21 bits per heavy atom. The quantitative estimate of drug-likeness (QED) is 0.275. The van der Waals surface area contributed by atoms with Gasteiger partial charge in [0.2, 0.25) is 0 Å². The highest BCUT2D eigenvalue weighted by atomic mass is 16.2. The molecule has 1 aromatic heterocycles. The van der Waals surface area contributed by atoms with E-state index < -0.39 is 0 Å². The van der Waals surface area contributed by atoms with Crippen molar-refractivity contribution in [1.29, 1.82) is 5.41 Å². The number of urea groups is 1. The fraction of sp³-hybridized carbons (Fsp3) is 0.188. The van der Waals surface area contributed by atoms with Crippen molar-refractivity contribution in [2.75, 3.05) is 22.9 Å². The molecule has 0 aliphatic heterocycles. The lowest BCUT2D eigenvalue weighted by molar-refractivity contribution is -0.670. The fourth-order valence-electron chi connectivity index (χ4n) is 2.09. The molecule has 8 N–H and O–H groups in total. The van der Waals surface area contributed by atoms with Crippen LogP contribution in [0.5, 0.6) is 0 Å². The first-order valence-corrected chi connectivity index (χ1v) is 7.43. The maximum Gasteiger partial charge on any atom is 0.323 e. The predicted octanol–water partition coefficient (Wildman–Crippen LogP) is 0.763. The second-order valence-electron chi connectivity index (χ2n) is 5.35. The summed E-state index contributed by atoms with van der Waals surface area (Å²) in [7, 11) is 1.85. The first-order valence-electron chi connectivity index (χ1n) is 7.43. The van der Waals surface area contributed by atoms with Crippen LogP contribution in [0, 0.1) is 5.41 Å². The van der Waals surface area contributed by atoms with Crippen molar-refractivity contribution in [2.24, 2.45) is 12.8 Å². The molecule has 0 spiro atoms. The van der Waals surface area contributed by atoms with Crippen LogP contribution >= 0.6 is 0 Å². The van der Waals surface area contributed by atoms with Crippen LogP contribution in [-0.2, 0) is 13.5 Å². The monoisotopic (exact) mass is 328 g/mol. The van der Waals surface area contributed by atoms with Gasteiger partial charge in [-0.3, -0.25) is 5.41 Å². The third kappa shape index (κ3) is 5.16. The van der Waals surface area contributed by atoms with E-state index in [9.17, 15) is 4.79 Å². The minimum absolute atomic E-state index is 0.0430. The van der Waals surface area contributed by atoms with E-state index in [1.807, 2.05) is 31.3 Å². The molecule has 2 rings (SSSR count). The molecular weight excluding hydrogens is 306 g/mol. The Morgan fingerprint density at radius 2 is 1.92 bits per heavy atom. The highest BCUT2D eigenvalue weighted by molar-refractivity contribution is 6.01. The number of anilines is 3. The number of aromatic nitrogens is 1. The summed E-state index contributed by atoms with van der Waals surface area (Å²) in [6, 6.07) is 8.81. The van der Waals surface area contributed by atoms with Crippen LogP contribution in [0.2, 0.25) is 0 Å². The molecule has 0 atom stereocenters. The molecule has 0 radical (unpaired) electrons. The highest BCUT2D eigenvalue weighted by Crippen LogP contribution is 2.15. The molecule has 0 saturated heterocycles. The maximum atomic E-state index is 12.0. The van der Waals surface area contributed by atoms with Gasteiger partial charge in [0.15, 0.2) is 18.4 Å². The standard InChI is InChI=1S/C16H21N7O/c1-23-9-7-13(17)14(10-23)22-16(24)21-12-4-2-11(3-5-12)6-8-20-15(18)19/h2-5,7,9-10,17H,6,8H2,1H3,(H6,18,19,20,21,22,24)/p+1. The first kappa shape index (κ1) is 17.1. The second-order valence-corrected chi connectivity index (χ2v) is 5.35. The van der Waals surface area contributed by atoms with E-state index in [0.29, 0.717) is 23.6 Å². The van der Waals surface area contributed by atoms with Gasteiger partial charge in [0.1, 0.15) is 12.7 Å². The van der Waals surface area contributed by atoms with Gasteiger partial charge in [0.05, 0.1) is 5.69 Å². The molecule has 24 heavy (non-hydrogen) atoms. The summed E-state index contributed by atoms with van der Waals surface area (Å²) >= 11 is 0. The number of pyridine rings is 1. The Morgan fingerprint density at radius 3 is 2.58 bits per heavy atom. The molecule has 1 aromatic carbocycles. The maximum absolute atomic E-state index is 12.0. The minimum Gasteiger partial charge on any atom is -0.397 e. The van der Waals surface area contributed by atoms with E-state index in [2.05, 4.69) is 16.0 Å². The predicted molar refractivity (Wildman–Crippen MR) is 94.7 cm³/mol. The number of nitrogens with one attached hydrogen (secondary N) is 4. The zero-order valence-corrected chi connectivity index (χ0v) is 13.5. The Kier molecular flexibility index (Phi) is 5.56. The van der Waals surface area contributed by atoms with Gasteiger partial charge in [-0.15, -0.1) is 0 Å². The Balaban J connectivity index is 1.89. The summed E-state index contributed by atoms with van der Waals surface area (Å²) in [5, 5.41) is 15.3. The zero-order valence-electron chi connectivity index (χ0n) is 13.5. The SMILES string of the molecule is C[n+]1ccc(N)c(NC(=O)Nc2ccc(CCNC(=N)N)cc2)c1. The van der Waals surface area contributed by atoms with Gasteiger partial charge < -0.3 is 27.4 Å². The summed E-state index contributed by atoms with van der Waals surface area (Å²) in [6.45, 7) is 0.590. The Bertz CT molecular complexity index is 728. The average Bonchev–Trinajstić information content (AvgIpc) is 2.52. The van der Waals surface area contributed by atoms with Crippen LogP contribution in [0.3, 0.4) is 0 Å². The van der Waals surface area contributed by atoms with Crippen molar-refractivity contribution >= 4 is 29.1 Å². The molecule has 8 heteroatoms. The number of aryl methyl sites for hydroxylation is 1. The van der Waals surface area contributed by atoms with Crippen molar-refractivity contribution < 1.29 is 9.36 Å². The van der Waals surface area contributed by atoms with E-state index in [-0.39, 0.29) is 12.0 Å². The van der Waals surface area contributed by atoms with Crippen molar-refractivity contribution in [3.05, 3.63) is 48.3 Å². The highest BCUT2D eigenvalue weighted by Gasteiger charge is 2.09. The Hall–Kier alpha value is -3.29. The third-order valence-corrected chi connectivity index (χ3v) is 3.32. The third-order valence-electron chi connectivity index (χ3n) is 3.32. The van der Waals surface area contributed by atoms with E-state index in [1.165, 1.54) is 0 Å². The van der Waals surface area contributed by atoms with Crippen LogP contribution in [0.25, 0.3) is 0 Å². The largest absolute Gasteiger partial charge is 0.397 e. The molecule has 0 bridgehead atoms. The molecule has 0 unspecified atom stereocenters. The molecule has 2 amide bonds. The summed E-state index contributed by atoms with van der Waals surface area (Å²) in [5.74, 6) is -0.0430. The van der Waals surface area contributed by atoms with Crippen LogP contribution in [0.15, 0.2) is 42.7 Å². The average molecular weight is 328 g/mol. The van der Waals surface area contributed by atoms with Crippen LogP contribution in [-0.4, -0.2) is 18.5 Å². The Labute approximate surface area is 140 Å². The second kappa shape index (κ2) is 7.82. The van der Waals surface area contributed by atoms with E-state index in [4.69, 9.17) is 16.9 Å². The molecule has 0 aliphatic carbocycles. The fourth-order valence-corrected chi connectivity index (χ4v) is 2.09. The molecule has 0 saturated carbocycles. The summed E-state index contributed by atoms with van der Waals surface area (Å²) in [6.07, 6.45) is 4.28. The van der Waals surface area contributed by atoms with Gasteiger partial charge in [0.25, 0.3) is 0 Å². The molecule has 0 aliphatic rings. The molecule has 2 aromatic rings. The summed E-state index contributed by atoms with van der Waals surface area (Å²) < 4.78 is 1.80. The number of carbonyl (C=O) groups excluding carboxylic acids is 1. The lowest BCUT2D eigenvalue weighted by Gasteiger charge is -2.09. The van der Waals surface area contributed by atoms with Crippen molar-refractivity contribution in [3.8, 4) is 0 Å². The van der Waals surface area contributed by atoms with Crippen molar-refractivity contribution in [1.82, 2.24) is 5.32 Å². The van der Waals surface area contributed by atoms with Crippen LogP contribution in [0.1, 0.15) is 5.56 Å². The van der Waals surface area contributed by atoms with Gasteiger partial charge in [0, 0.05) is 18.3 Å². The van der Waals surface area contributed by atoms with Crippen LogP contribution in [0.4, 0.5) is 21.9 Å². The number of guanidine groups is 1. The number of benzene rings is 1. The van der Waals surface area contributed by atoms with Gasteiger partial charge in [-0.25, -0.2) is 9.36 Å². The van der Waals surface area contributed by atoms with E-state index in [0.717, 1.165) is 12.0 Å². The lowest BCUT2D eigenvalue weighted by atomic mass is 10.1. The lowest BCUT2D eigenvalue weighted by Crippen LogP contribution is -2.31. The number of nitrogens with zero attached hydrogens (tertiary/aromatic N) is 1. The van der Waals surface area contributed by atoms with E-state index in [1.54, 1.807) is 23.0 Å². The number of hydrogen-bond acceptors (Lipinski definition) is 3. The van der Waals surface area contributed by atoms with Gasteiger partial charge in [-0.2, -0.15) is 0 Å². The van der Waals surface area contributed by atoms with E-state index >= 15 is 0 Å². The normalized spacial score (nSPS) is 10.0. The molecule has 126 valence electrons. The van der Waals surface area contributed by atoms with Gasteiger partial charge in [-0.05, 0) is 24.1 Å². The van der Waals surface area contributed by atoms with Gasteiger partial charge in [-0.1, -0.05) is 12.1 Å². The number of hydrogen-bond donors (Lipinski definition) is 6. The number of nitrogens with two attached hydrogens (primary N) is 2. The van der Waals surface area contributed by atoms with Crippen molar-refractivity contribution in [2.45, 2.75) is 6.42 Å². The number of carbonyl (C=O) groups is 1. The zero-order chi connectivity index (χ0) is 17.5. The molecule has 0 fully saturated rings. The number of nitrogen functional groups attached to an aromatic ring is 1. The number of rotatable bonds is 5. The summed E-state index contributed by atoms with van der Waals surface area (Å²) in [5.41, 5.74) is 13.9. The smallest absolute Gasteiger partial charge is 0.323 e. The molecular formula is C16H22N7O+. The van der Waals surface area contributed by atoms with Crippen molar-refractivity contribution in [3.63, 3.8) is 0 Å². The number of amides is 2. The topological polar surface area (TPSA) is 133 Å². The molecule has 8 nitrogen and oxygen atoms in total. The molecule has 1 heterocycles. The first-order chi connectivity index (χ1) is 11.4. The minimum atomic E-state index is -0.362. The summed E-state index contributed by atoms with van der Waals surface area (Å²) in [4.78, 5) is 12.0.